The number of nitrogens with zero attached hydrogens (tertiary/aromatic N) is 3. The lowest BCUT2D eigenvalue weighted by molar-refractivity contribution is 0.190. The Kier molecular flexibility index (Phi) is 5.97. The summed E-state index contributed by atoms with van der Waals surface area (Å²) in [6.07, 6.45) is 1.82. The van der Waals surface area contributed by atoms with Gasteiger partial charge in [-0.15, -0.1) is 0 Å². The van der Waals surface area contributed by atoms with Crippen LogP contribution in [0, 0.1) is 13.8 Å². The van der Waals surface area contributed by atoms with E-state index in [1.54, 1.807) is 0 Å². The Hall–Kier alpha value is -3.35. The molecule has 2 heterocycles. The molecule has 2 aromatic carbocycles. The highest BCUT2D eigenvalue weighted by Crippen LogP contribution is 2.26. The normalized spacial score (nSPS) is 16.3. The van der Waals surface area contributed by atoms with Crippen molar-refractivity contribution >= 4 is 11.7 Å². The highest BCUT2D eigenvalue weighted by atomic mass is 16.5. The summed E-state index contributed by atoms with van der Waals surface area (Å²) < 4.78 is 11.0. The van der Waals surface area contributed by atoms with Gasteiger partial charge in [0.15, 0.2) is 12.4 Å². The van der Waals surface area contributed by atoms with Crippen LogP contribution in [0.5, 0.6) is 5.75 Å². The fourth-order valence-corrected chi connectivity index (χ4v) is 3.55. The maximum Gasteiger partial charge on any atom is 0.321 e. The van der Waals surface area contributed by atoms with Crippen molar-refractivity contribution < 1.29 is 14.1 Å². The summed E-state index contributed by atoms with van der Waals surface area (Å²) in [5, 5.41) is 7.12. The third-order valence-corrected chi connectivity index (χ3v) is 5.42. The predicted octanol–water partition coefficient (Wildman–Crippen LogP) is 4.68. The molecule has 0 radical (unpaired) electrons. The summed E-state index contributed by atoms with van der Waals surface area (Å²) in [4.78, 5) is 19.0. The quantitative estimate of drug-likeness (QED) is 0.666. The second kappa shape index (κ2) is 8.98. The molecule has 7 nitrogen and oxygen atoms in total. The van der Waals surface area contributed by atoms with Gasteiger partial charge in [0.2, 0.25) is 0 Å². The number of carbonyl (C=O) groups excluding carboxylic acids is 1. The first-order valence-electron chi connectivity index (χ1n) is 10.2. The van der Waals surface area contributed by atoms with Crippen LogP contribution in [0.2, 0.25) is 0 Å². The molecule has 1 aliphatic heterocycles. The molecule has 30 heavy (non-hydrogen) atoms. The van der Waals surface area contributed by atoms with Crippen LogP contribution in [0.3, 0.4) is 0 Å². The summed E-state index contributed by atoms with van der Waals surface area (Å²) >= 11 is 0. The van der Waals surface area contributed by atoms with Gasteiger partial charge in [0.1, 0.15) is 5.75 Å². The van der Waals surface area contributed by atoms with Gasteiger partial charge in [0.05, 0.1) is 0 Å². The van der Waals surface area contributed by atoms with E-state index in [-0.39, 0.29) is 18.6 Å². The van der Waals surface area contributed by atoms with Crippen LogP contribution in [-0.4, -0.2) is 34.2 Å². The first kappa shape index (κ1) is 19.9. The minimum Gasteiger partial charge on any atom is -0.484 e. The molecule has 2 amide bonds. The number of para-hydroxylation sites is 1. The molecule has 1 N–H and O–H groups in total. The van der Waals surface area contributed by atoms with Crippen LogP contribution < -0.4 is 10.1 Å². The lowest BCUT2D eigenvalue weighted by Gasteiger charge is -2.31. The summed E-state index contributed by atoms with van der Waals surface area (Å²) in [5.74, 6) is 1.87. The van der Waals surface area contributed by atoms with Gasteiger partial charge < -0.3 is 19.5 Å². The molecule has 1 saturated heterocycles. The maximum absolute atomic E-state index is 12.7. The minimum absolute atomic E-state index is 0.0541. The van der Waals surface area contributed by atoms with Gasteiger partial charge >= 0.3 is 6.03 Å². The molecule has 1 aliphatic rings. The molecule has 0 saturated carbocycles. The van der Waals surface area contributed by atoms with E-state index in [1.807, 2.05) is 60.4 Å². The summed E-state index contributed by atoms with van der Waals surface area (Å²) in [6.45, 7) is 5.60. The number of aryl methyl sites for hydroxylation is 2. The first-order valence-corrected chi connectivity index (χ1v) is 10.2. The van der Waals surface area contributed by atoms with Crippen LogP contribution in [0.1, 0.15) is 41.6 Å². The van der Waals surface area contributed by atoms with Crippen molar-refractivity contribution in [1.82, 2.24) is 15.0 Å². The monoisotopic (exact) mass is 406 g/mol. The third-order valence-electron chi connectivity index (χ3n) is 5.42. The van der Waals surface area contributed by atoms with Crippen molar-refractivity contribution in [2.45, 2.75) is 39.2 Å². The molecule has 1 unspecified atom stereocenters. The number of hydrogen-bond donors (Lipinski definition) is 1. The molecule has 0 spiro atoms. The Labute approximate surface area is 176 Å². The lowest BCUT2D eigenvalue weighted by Crippen LogP contribution is -2.41. The number of piperidine rings is 1. The number of amides is 2. The van der Waals surface area contributed by atoms with Gasteiger partial charge in [0.25, 0.3) is 5.89 Å². The Morgan fingerprint density at radius 1 is 1.20 bits per heavy atom. The number of urea groups is 1. The molecule has 1 atom stereocenters. The van der Waals surface area contributed by atoms with Crippen LogP contribution >= 0.6 is 0 Å². The first-order chi connectivity index (χ1) is 14.6. The molecule has 4 rings (SSSR count). The van der Waals surface area contributed by atoms with Crippen molar-refractivity contribution in [3.8, 4) is 5.75 Å². The molecule has 3 aromatic rings. The number of carbonyl (C=O) groups is 1. The Bertz CT molecular complexity index is 1000. The van der Waals surface area contributed by atoms with Crippen LogP contribution in [0.4, 0.5) is 10.5 Å². The summed E-state index contributed by atoms with van der Waals surface area (Å²) in [5.41, 5.74) is 3.17. The van der Waals surface area contributed by atoms with Crippen LogP contribution in [0.15, 0.2) is 53.1 Å². The van der Waals surface area contributed by atoms with Gasteiger partial charge in [-0.1, -0.05) is 29.4 Å². The molecular formula is C23H26N4O3. The smallest absolute Gasteiger partial charge is 0.321 e. The standard InChI is InChI=1S/C23H26N4O3/c1-16-10-11-19(13-17(16)2)24-23(28)27-12-6-7-18(14-27)22-25-21(30-26-22)15-29-20-8-4-3-5-9-20/h3-5,8-11,13,18H,6-7,12,14-15H2,1-2H3,(H,24,28). The Morgan fingerprint density at radius 2 is 2.03 bits per heavy atom. The number of hydrogen-bond acceptors (Lipinski definition) is 5. The number of rotatable bonds is 5. The molecule has 1 aromatic heterocycles. The Balaban J connectivity index is 1.35. The zero-order chi connectivity index (χ0) is 20.9. The van der Waals surface area contributed by atoms with E-state index < -0.39 is 0 Å². The molecule has 7 heteroatoms. The second-order valence-corrected chi connectivity index (χ2v) is 7.66. The SMILES string of the molecule is Cc1ccc(NC(=O)N2CCCC(c3noc(COc4ccccc4)n3)C2)cc1C. The number of ether oxygens (including phenoxy) is 1. The lowest BCUT2D eigenvalue weighted by atomic mass is 9.97. The van der Waals surface area contributed by atoms with E-state index in [9.17, 15) is 4.79 Å². The maximum atomic E-state index is 12.7. The van der Waals surface area contributed by atoms with Crippen molar-refractivity contribution in [2.24, 2.45) is 0 Å². The topological polar surface area (TPSA) is 80.5 Å². The molecule has 0 bridgehead atoms. The number of likely N-dealkylation sites (tertiary alicyclic amines) is 1. The van der Waals surface area contributed by atoms with Crippen molar-refractivity contribution in [3.05, 3.63) is 71.4 Å². The average Bonchev–Trinajstić information content (AvgIpc) is 3.25. The van der Waals surface area contributed by atoms with Crippen molar-refractivity contribution in [3.63, 3.8) is 0 Å². The number of benzene rings is 2. The number of aromatic nitrogens is 2. The molecule has 0 aliphatic carbocycles. The molecule has 1 fully saturated rings. The second-order valence-electron chi connectivity index (χ2n) is 7.66. The van der Waals surface area contributed by atoms with Gasteiger partial charge in [-0.05, 0) is 62.1 Å². The van der Waals surface area contributed by atoms with E-state index in [4.69, 9.17) is 9.26 Å². The zero-order valence-electron chi connectivity index (χ0n) is 17.3. The van der Waals surface area contributed by atoms with Gasteiger partial charge in [-0.2, -0.15) is 4.98 Å². The third kappa shape index (κ3) is 4.79. The number of nitrogens with one attached hydrogen (secondary N) is 1. The largest absolute Gasteiger partial charge is 0.484 e. The highest BCUT2D eigenvalue weighted by Gasteiger charge is 2.28. The van der Waals surface area contributed by atoms with E-state index >= 15 is 0 Å². The molecular weight excluding hydrogens is 380 g/mol. The highest BCUT2D eigenvalue weighted by molar-refractivity contribution is 5.89. The summed E-state index contributed by atoms with van der Waals surface area (Å²) in [6, 6.07) is 15.4. The average molecular weight is 406 g/mol. The van der Waals surface area contributed by atoms with Crippen molar-refractivity contribution in [1.29, 1.82) is 0 Å². The minimum atomic E-state index is -0.0981. The van der Waals surface area contributed by atoms with Gasteiger partial charge in [-0.3, -0.25) is 0 Å². The van der Waals surface area contributed by atoms with E-state index in [1.165, 1.54) is 5.56 Å². The van der Waals surface area contributed by atoms with Gasteiger partial charge in [-0.25, -0.2) is 4.79 Å². The van der Waals surface area contributed by atoms with Crippen molar-refractivity contribution in [2.75, 3.05) is 18.4 Å². The zero-order valence-corrected chi connectivity index (χ0v) is 17.3. The van der Waals surface area contributed by atoms with Crippen LogP contribution in [0.25, 0.3) is 0 Å². The van der Waals surface area contributed by atoms with E-state index in [0.717, 1.165) is 36.4 Å². The predicted molar refractivity (Wildman–Crippen MR) is 114 cm³/mol. The fraction of sp³-hybridized carbons (Fsp3) is 0.348. The van der Waals surface area contributed by atoms with Crippen LogP contribution in [-0.2, 0) is 6.61 Å². The van der Waals surface area contributed by atoms with E-state index in [2.05, 4.69) is 22.4 Å². The van der Waals surface area contributed by atoms with E-state index in [0.29, 0.717) is 18.3 Å². The Morgan fingerprint density at radius 3 is 2.83 bits per heavy atom. The fourth-order valence-electron chi connectivity index (χ4n) is 3.55. The summed E-state index contributed by atoms with van der Waals surface area (Å²) in [7, 11) is 0. The number of anilines is 1. The van der Waals surface area contributed by atoms with Gasteiger partial charge in [0, 0.05) is 24.7 Å². The molecule has 156 valence electrons.